The van der Waals surface area contributed by atoms with Crippen molar-refractivity contribution in [3.05, 3.63) is 34.9 Å². The third kappa shape index (κ3) is 1.54. The number of hydrogen-bond acceptors (Lipinski definition) is 2. The van der Waals surface area contributed by atoms with E-state index in [9.17, 15) is 10.2 Å². The van der Waals surface area contributed by atoms with Gasteiger partial charge in [0.15, 0.2) is 0 Å². The van der Waals surface area contributed by atoms with Gasteiger partial charge in [-0.2, -0.15) is 0 Å². The maximum Gasteiger partial charge on any atom is 0.115 e. The molecule has 3 aliphatic rings. The normalized spacial score (nSPS) is 35.5. The third-order valence-electron chi connectivity index (χ3n) is 6.09. The number of phenols is 1. The van der Waals surface area contributed by atoms with E-state index in [0.717, 1.165) is 38.5 Å². The van der Waals surface area contributed by atoms with Crippen LogP contribution < -0.4 is 0 Å². The quantitative estimate of drug-likeness (QED) is 0.755. The van der Waals surface area contributed by atoms with Gasteiger partial charge in [0.05, 0.1) is 6.10 Å². The maximum absolute atomic E-state index is 10.3. The van der Waals surface area contributed by atoms with Crippen LogP contribution >= 0.6 is 0 Å². The fraction of sp³-hybridized carbons (Fsp3) is 0.556. The Morgan fingerprint density at radius 2 is 2.00 bits per heavy atom. The molecule has 1 unspecified atom stereocenters. The van der Waals surface area contributed by atoms with Crippen molar-refractivity contribution < 1.29 is 10.2 Å². The Balaban J connectivity index is 1.83. The Hall–Kier alpha value is -1.28. The van der Waals surface area contributed by atoms with E-state index in [2.05, 4.69) is 13.0 Å². The number of hydrogen-bond donors (Lipinski definition) is 2. The molecule has 2 N–H and O–H groups in total. The molecule has 106 valence electrons. The van der Waals surface area contributed by atoms with Crippen molar-refractivity contribution in [2.75, 3.05) is 0 Å². The lowest BCUT2D eigenvalue weighted by molar-refractivity contribution is 0.0379. The zero-order valence-electron chi connectivity index (χ0n) is 12.0. The summed E-state index contributed by atoms with van der Waals surface area (Å²) in [6.45, 7) is 2.28. The summed E-state index contributed by atoms with van der Waals surface area (Å²) in [7, 11) is 0. The molecule has 1 saturated carbocycles. The molecule has 0 spiro atoms. The topological polar surface area (TPSA) is 40.5 Å². The summed E-state index contributed by atoms with van der Waals surface area (Å²) in [5.41, 5.74) is 5.88. The van der Waals surface area contributed by atoms with E-state index in [1.165, 1.54) is 16.7 Å². The molecule has 2 heteroatoms. The minimum Gasteiger partial charge on any atom is -0.508 e. The van der Waals surface area contributed by atoms with Crippen molar-refractivity contribution in [1.82, 2.24) is 0 Å². The predicted octanol–water partition coefficient (Wildman–Crippen LogP) is 3.66. The Morgan fingerprint density at radius 1 is 1.15 bits per heavy atom. The monoisotopic (exact) mass is 270 g/mol. The molecule has 1 fully saturated rings. The first-order valence-corrected chi connectivity index (χ1v) is 7.82. The summed E-state index contributed by atoms with van der Waals surface area (Å²) >= 11 is 0. The van der Waals surface area contributed by atoms with Crippen LogP contribution in [0.25, 0.3) is 5.57 Å². The summed E-state index contributed by atoms with van der Waals surface area (Å²) in [6.07, 6.45) is 6.30. The molecule has 0 radical (unpaired) electrons. The molecule has 1 aromatic rings. The smallest absolute Gasteiger partial charge is 0.115 e. The highest BCUT2D eigenvalue weighted by atomic mass is 16.3. The average molecular weight is 270 g/mol. The van der Waals surface area contributed by atoms with Gasteiger partial charge in [-0.3, -0.25) is 0 Å². The van der Waals surface area contributed by atoms with Gasteiger partial charge in [-0.15, -0.1) is 0 Å². The van der Waals surface area contributed by atoms with Gasteiger partial charge in [0.2, 0.25) is 0 Å². The zero-order chi connectivity index (χ0) is 13.9. The first kappa shape index (κ1) is 12.5. The van der Waals surface area contributed by atoms with E-state index in [1.807, 2.05) is 12.1 Å². The fourth-order valence-electron chi connectivity index (χ4n) is 4.88. The second-order valence-corrected chi connectivity index (χ2v) is 7.00. The number of rotatable bonds is 0. The minimum atomic E-state index is -0.122. The number of aliphatic hydroxyl groups excluding tert-OH is 1. The lowest BCUT2D eigenvalue weighted by atomic mass is 9.62. The molecule has 0 bridgehead atoms. The molecule has 3 atom stereocenters. The molecular weight excluding hydrogens is 248 g/mol. The summed E-state index contributed by atoms with van der Waals surface area (Å²) < 4.78 is 0. The Labute approximate surface area is 120 Å². The summed E-state index contributed by atoms with van der Waals surface area (Å²) in [5, 5.41) is 20.0. The molecule has 1 aromatic carbocycles. The Bertz CT molecular complexity index is 601. The van der Waals surface area contributed by atoms with Crippen LogP contribution in [0.4, 0.5) is 0 Å². The highest BCUT2D eigenvalue weighted by Gasteiger charge is 2.50. The van der Waals surface area contributed by atoms with Crippen LogP contribution in [-0.2, 0) is 6.42 Å². The van der Waals surface area contributed by atoms with Gasteiger partial charge in [0.1, 0.15) is 5.75 Å². The van der Waals surface area contributed by atoms with Crippen molar-refractivity contribution in [1.29, 1.82) is 0 Å². The largest absolute Gasteiger partial charge is 0.508 e. The number of aromatic hydroxyl groups is 1. The zero-order valence-corrected chi connectivity index (χ0v) is 12.0. The van der Waals surface area contributed by atoms with E-state index >= 15 is 0 Å². The summed E-state index contributed by atoms with van der Waals surface area (Å²) in [4.78, 5) is 0. The fourth-order valence-corrected chi connectivity index (χ4v) is 4.88. The van der Waals surface area contributed by atoms with Gasteiger partial charge in [-0.05, 0) is 73.3 Å². The van der Waals surface area contributed by atoms with Crippen molar-refractivity contribution in [3.8, 4) is 5.75 Å². The van der Waals surface area contributed by atoms with Crippen molar-refractivity contribution >= 4 is 5.57 Å². The van der Waals surface area contributed by atoms with Gasteiger partial charge in [0, 0.05) is 5.41 Å². The minimum absolute atomic E-state index is 0.104. The highest BCUT2D eigenvalue weighted by Crippen LogP contribution is 2.58. The third-order valence-corrected chi connectivity index (χ3v) is 6.09. The Kier molecular flexibility index (Phi) is 2.56. The first-order chi connectivity index (χ1) is 9.59. The molecule has 0 saturated heterocycles. The SMILES string of the molecule is C[C@@]12CCC3=C(CCc4cc(O)ccc43)C1CC[C@H]2O. The standard InChI is InChI=1S/C18H22O2/c1-18-9-8-14-13-5-3-12(19)10-11(13)2-4-15(14)16(18)6-7-17(18)20/h3,5,10,16-17,19-20H,2,4,6-9H2,1H3/t16?,17-,18-/m1/s1. The number of aryl methyl sites for hydroxylation is 1. The number of aliphatic hydroxyl groups is 1. The van der Waals surface area contributed by atoms with E-state index in [4.69, 9.17) is 0 Å². The molecule has 0 amide bonds. The van der Waals surface area contributed by atoms with E-state index in [-0.39, 0.29) is 11.5 Å². The summed E-state index contributed by atoms with van der Waals surface area (Å²) in [5.74, 6) is 0.952. The highest BCUT2D eigenvalue weighted by molar-refractivity contribution is 5.75. The lowest BCUT2D eigenvalue weighted by Gasteiger charge is -2.43. The molecule has 3 aliphatic carbocycles. The average Bonchev–Trinajstić information content (AvgIpc) is 2.74. The van der Waals surface area contributed by atoms with Crippen LogP contribution in [0.2, 0.25) is 0 Å². The predicted molar refractivity (Wildman–Crippen MR) is 79.4 cm³/mol. The lowest BCUT2D eigenvalue weighted by Crippen LogP contribution is -2.37. The molecular formula is C18H22O2. The molecule has 20 heavy (non-hydrogen) atoms. The molecule has 0 heterocycles. The van der Waals surface area contributed by atoms with E-state index in [0.29, 0.717) is 11.7 Å². The molecule has 0 aromatic heterocycles. The maximum atomic E-state index is 10.3. The number of fused-ring (bicyclic) bond motifs is 4. The van der Waals surface area contributed by atoms with Gasteiger partial charge in [-0.1, -0.05) is 18.6 Å². The number of benzene rings is 1. The second kappa shape index (κ2) is 4.11. The van der Waals surface area contributed by atoms with Gasteiger partial charge < -0.3 is 10.2 Å². The van der Waals surface area contributed by atoms with Crippen LogP contribution in [-0.4, -0.2) is 16.3 Å². The first-order valence-electron chi connectivity index (χ1n) is 7.82. The van der Waals surface area contributed by atoms with E-state index < -0.39 is 0 Å². The van der Waals surface area contributed by atoms with E-state index in [1.54, 1.807) is 5.57 Å². The van der Waals surface area contributed by atoms with Crippen molar-refractivity contribution in [2.24, 2.45) is 11.3 Å². The van der Waals surface area contributed by atoms with Gasteiger partial charge >= 0.3 is 0 Å². The number of allylic oxidation sites excluding steroid dienone is 2. The van der Waals surface area contributed by atoms with Crippen LogP contribution in [0, 0.1) is 11.3 Å². The van der Waals surface area contributed by atoms with Crippen molar-refractivity contribution in [3.63, 3.8) is 0 Å². The molecule has 2 nitrogen and oxygen atoms in total. The number of phenolic OH excluding ortho intramolecular Hbond substituents is 1. The van der Waals surface area contributed by atoms with Crippen LogP contribution in [0.5, 0.6) is 5.75 Å². The van der Waals surface area contributed by atoms with Gasteiger partial charge in [0.25, 0.3) is 0 Å². The molecule has 4 rings (SSSR count). The van der Waals surface area contributed by atoms with Crippen molar-refractivity contribution in [2.45, 2.75) is 51.6 Å². The van der Waals surface area contributed by atoms with Crippen LogP contribution in [0.15, 0.2) is 23.8 Å². The van der Waals surface area contributed by atoms with Crippen LogP contribution in [0.3, 0.4) is 0 Å². The summed E-state index contributed by atoms with van der Waals surface area (Å²) in [6, 6.07) is 5.83. The Morgan fingerprint density at radius 3 is 2.85 bits per heavy atom. The molecule has 0 aliphatic heterocycles. The second-order valence-electron chi connectivity index (χ2n) is 7.00. The van der Waals surface area contributed by atoms with Gasteiger partial charge in [-0.25, -0.2) is 0 Å². The van der Waals surface area contributed by atoms with Crippen LogP contribution in [0.1, 0.15) is 50.2 Å².